The molecule has 6 rings (SSSR count). The van der Waals surface area contributed by atoms with Crippen molar-refractivity contribution in [1.29, 1.82) is 0 Å². The average molecular weight is 617 g/mol. The van der Waals surface area contributed by atoms with Crippen LogP contribution in [0.3, 0.4) is 0 Å². The molecule has 3 fully saturated rings. The number of ether oxygens (including phenoxy) is 1. The second-order valence-corrected chi connectivity index (χ2v) is 14.1. The molecular weight excluding hydrogens is 581 g/mol. The van der Waals surface area contributed by atoms with Gasteiger partial charge < -0.3 is 25.0 Å². The minimum atomic E-state index is -4.43. The van der Waals surface area contributed by atoms with E-state index in [2.05, 4.69) is 27.4 Å². The Bertz CT molecular complexity index is 1670. The lowest BCUT2D eigenvalue weighted by Crippen LogP contribution is -2.68. The van der Waals surface area contributed by atoms with Gasteiger partial charge in [0.05, 0.1) is 41.6 Å². The molecule has 0 amide bonds. The highest BCUT2D eigenvalue weighted by Crippen LogP contribution is 2.41. The molecule has 3 heterocycles. The number of benzene rings is 2. The van der Waals surface area contributed by atoms with Crippen LogP contribution >= 0.6 is 0 Å². The van der Waals surface area contributed by atoms with Crippen molar-refractivity contribution in [2.24, 2.45) is 5.41 Å². The number of nitrogens with one attached hydrogen (secondary N) is 2. The number of halogens is 3. The zero-order valence-electron chi connectivity index (χ0n) is 23.9. The Hall–Kier alpha value is -3.40. The van der Waals surface area contributed by atoms with Crippen LogP contribution in [0.5, 0.6) is 5.75 Å². The Morgan fingerprint density at radius 3 is 2.44 bits per heavy atom. The van der Waals surface area contributed by atoms with Crippen LogP contribution in [0, 0.1) is 17.3 Å². The van der Waals surface area contributed by atoms with Crippen molar-refractivity contribution in [3.8, 4) is 17.6 Å². The van der Waals surface area contributed by atoms with Gasteiger partial charge in [-0.2, -0.15) is 13.2 Å². The van der Waals surface area contributed by atoms with Crippen LogP contribution in [0.4, 0.5) is 24.5 Å². The van der Waals surface area contributed by atoms with E-state index in [1.165, 1.54) is 16.7 Å². The Morgan fingerprint density at radius 2 is 1.81 bits per heavy atom. The molecule has 2 aliphatic heterocycles. The lowest BCUT2D eigenvalue weighted by atomic mass is 9.75. The summed E-state index contributed by atoms with van der Waals surface area (Å²) in [6.45, 7) is 2.87. The standard InChI is InChI=1S/C31H35F3N4O4S/c1-43(40,41)24-11-12-27(29(39)15-24)35-13-3-4-23-14-25-26(5-2-6-28(25)38(23)18-31(32,33)34)36-21-7-9-22(10-8-21)37-16-30(17-37)19-42-20-30/h2,5-6,11-12,14-15,21-22,35-36,39H,7-10,13,16-20H2,1H3. The molecule has 1 spiro atoms. The highest BCUT2D eigenvalue weighted by molar-refractivity contribution is 7.90. The van der Waals surface area contributed by atoms with Crippen molar-refractivity contribution < 1.29 is 31.4 Å². The van der Waals surface area contributed by atoms with E-state index in [-0.39, 0.29) is 34.6 Å². The second kappa shape index (κ2) is 11.3. The third kappa shape index (κ3) is 6.44. The highest BCUT2D eigenvalue weighted by Gasteiger charge is 2.50. The van der Waals surface area contributed by atoms with E-state index in [0.717, 1.165) is 70.0 Å². The van der Waals surface area contributed by atoms with Crippen LogP contribution < -0.4 is 10.6 Å². The predicted octanol–water partition coefficient (Wildman–Crippen LogP) is 4.83. The minimum absolute atomic E-state index is 0.0238. The first kappa shape index (κ1) is 29.7. The van der Waals surface area contributed by atoms with Gasteiger partial charge in [0.2, 0.25) is 0 Å². The number of aromatic hydroxyl groups is 1. The highest BCUT2D eigenvalue weighted by atomic mass is 32.2. The SMILES string of the molecule is CS(=O)(=O)c1ccc(NCC#Cc2cc3c(NC4CCC(N5CC6(COC6)C5)CC4)cccc3n2CC(F)(F)F)c(O)c1. The summed E-state index contributed by atoms with van der Waals surface area (Å²) in [7, 11) is -3.48. The molecule has 3 N–H and O–H groups in total. The van der Waals surface area contributed by atoms with E-state index in [4.69, 9.17) is 4.74 Å². The van der Waals surface area contributed by atoms with Crippen LogP contribution in [0.1, 0.15) is 31.4 Å². The molecule has 1 aliphatic carbocycles. The van der Waals surface area contributed by atoms with E-state index in [9.17, 15) is 26.7 Å². The van der Waals surface area contributed by atoms with Gasteiger partial charge in [0.15, 0.2) is 9.84 Å². The fraction of sp³-hybridized carbons (Fsp3) is 0.484. The van der Waals surface area contributed by atoms with Crippen LogP contribution in [0.2, 0.25) is 0 Å². The van der Waals surface area contributed by atoms with Gasteiger partial charge in [-0.25, -0.2) is 8.42 Å². The lowest BCUT2D eigenvalue weighted by Gasteiger charge is -2.58. The number of likely N-dealkylation sites (tertiary alicyclic amines) is 1. The van der Waals surface area contributed by atoms with Crippen molar-refractivity contribution >= 4 is 32.1 Å². The summed E-state index contributed by atoms with van der Waals surface area (Å²) in [5, 5.41) is 17.4. The number of hydrogen-bond donors (Lipinski definition) is 3. The molecule has 1 aromatic heterocycles. The van der Waals surface area contributed by atoms with Crippen molar-refractivity contribution in [2.75, 3.05) is 49.7 Å². The van der Waals surface area contributed by atoms with E-state index in [1.807, 2.05) is 6.07 Å². The number of sulfone groups is 1. The van der Waals surface area contributed by atoms with Gasteiger partial charge in [-0.3, -0.25) is 4.90 Å². The first-order valence-electron chi connectivity index (χ1n) is 14.4. The molecule has 8 nitrogen and oxygen atoms in total. The molecule has 2 aromatic carbocycles. The Morgan fingerprint density at radius 1 is 1.07 bits per heavy atom. The number of alkyl halides is 3. The zero-order valence-corrected chi connectivity index (χ0v) is 24.7. The number of aromatic nitrogens is 1. The summed E-state index contributed by atoms with van der Waals surface area (Å²) in [6.07, 6.45) is 0.796. The number of phenols is 1. The van der Waals surface area contributed by atoms with E-state index < -0.39 is 22.6 Å². The maximum Gasteiger partial charge on any atom is 0.406 e. The summed E-state index contributed by atoms with van der Waals surface area (Å²) >= 11 is 0. The summed E-state index contributed by atoms with van der Waals surface area (Å²) in [5.74, 6) is 5.44. The second-order valence-electron chi connectivity index (χ2n) is 12.1. The van der Waals surface area contributed by atoms with Crippen molar-refractivity contribution in [1.82, 2.24) is 9.47 Å². The summed E-state index contributed by atoms with van der Waals surface area (Å²) in [5.41, 5.74) is 2.16. The summed E-state index contributed by atoms with van der Waals surface area (Å²) < 4.78 is 70.8. The van der Waals surface area contributed by atoms with Gasteiger partial charge in [0, 0.05) is 54.0 Å². The van der Waals surface area contributed by atoms with Gasteiger partial charge in [-0.05, 0) is 61.9 Å². The Kier molecular flexibility index (Phi) is 7.77. The normalized spacial score (nSPS) is 22.0. The van der Waals surface area contributed by atoms with Crippen molar-refractivity contribution in [3.63, 3.8) is 0 Å². The van der Waals surface area contributed by atoms with Crippen molar-refractivity contribution in [3.05, 3.63) is 48.2 Å². The largest absolute Gasteiger partial charge is 0.506 e. The molecule has 230 valence electrons. The Labute approximate surface area is 249 Å². The summed E-state index contributed by atoms with van der Waals surface area (Å²) in [6, 6.07) is 11.8. The van der Waals surface area contributed by atoms with Gasteiger partial charge in [-0.1, -0.05) is 12.0 Å². The molecule has 3 aromatic rings. The monoisotopic (exact) mass is 616 g/mol. The topological polar surface area (TPSA) is 95.8 Å². The molecule has 3 aliphatic rings. The molecule has 0 radical (unpaired) electrons. The number of phenolic OH excluding ortho intramolecular Hbond substituents is 1. The average Bonchev–Trinajstić information content (AvgIpc) is 3.23. The lowest BCUT2D eigenvalue weighted by molar-refractivity contribution is -0.200. The smallest absolute Gasteiger partial charge is 0.406 e. The van der Waals surface area contributed by atoms with Gasteiger partial charge in [0.1, 0.15) is 12.3 Å². The van der Waals surface area contributed by atoms with Gasteiger partial charge in [-0.15, -0.1) is 0 Å². The molecule has 0 unspecified atom stereocenters. The molecule has 1 saturated carbocycles. The quantitative estimate of drug-likeness (QED) is 0.259. The maximum absolute atomic E-state index is 13.6. The first-order chi connectivity index (χ1) is 20.4. The van der Waals surface area contributed by atoms with Crippen LogP contribution in [-0.4, -0.2) is 80.4 Å². The van der Waals surface area contributed by atoms with Gasteiger partial charge >= 0.3 is 6.18 Å². The van der Waals surface area contributed by atoms with Crippen LogP contribution in [0.25, 0.3) is 10.9 Å². The minimum Gasteiger partial charge on any atom is -0.506 e. The number of nitrogens with zero attached hydrogens (tertiary/aromatic N) is 2. The van der Waals surface area contributed by atoms with E-state index in [1.54, 1.807) is 18.2 Å². The molecular formula is C31H35F3N4O4S. The third-order valence-corrected chi connectivity index (χ3v) is 9.84. The maximum atomic E-state index is 13.6. The van der Waals surface area contributed by atoms with E-state index in [0.29, 0.717) is 22.4 Å². The van der Waals surface area contributed by atoms with Crippen molar-refractivity contribution in [2.45, 2.75) is 55.4 Å². The third-order valence-electron chi connectivity index (χ3n) is 8.73. The van der Waals surface area contributed by atoms with Crippen LogP contribution in [-0.2, 0) is 21.1 Å². The zero-order chi connectivity index (χ0) is 30.4. The van der Waals surface area contributed by atoms with Crippen LogP contribution in [0.15, 0.2) is 47.4 Å². The fourth-order valence-electron chi connectivity index (χ4n) is 6.48. The molecule has 2 saturated heterocycles. The fourth-order valence-corrected chi connectivity index (χ4v) is 7.12. The molecule has 0 bridgehead atoms. The molecule has 0 atom stereocenters. The number of rotatable bonds is 7. The van der Waals surface area contributed by atoms with E-state index >= 15 is 0 Å². The number of hydrogen-bond acceptors (Lipinski definition) is 7. The molecule has 12 heteroatoms. The first-order valence-corrected chi connectivity index (χ1v) is 16.3. The number of fused-ring (bicyclic) bond motifs is 1. The molecule has 43 heavy (non-hydrogen) atoms. The Balaban J connectivity index is 1.15. The number of anilines is 2. The summed E-state index contributed by atoms with van der Waals surface area (Å²) in [4.78, 5) is 2.55. The van der Waals surface area contributed by atoms with Gasteiger partial charge in [0.25, 0.3) is 0 Å². The predicted molar refractivity (Wildman–Crippen MR) is 159 cm³/mol.